The second-order valence-electron chi connectivity index (χ2n) is 5.15. The number of ether oxygens (including phenoxy) is 3. The number of hydrogen-bond donors (Lipinski definition) is 2. The quantitative estimate of drug-likeness (QED) is 0.815. The average Bonchev–Trinajstić information content (AvgIpc) is 2.65. The zero-order chi connectivity index (χ0) is 17.8. The number of fused-ring (bicyclic) bond motifs is 1. The molecule has 1 aliphatic heterocycles. The monoisotopic (exact) mass is 362 g/mol. The number of carbonyl (C=O) groups is 2. The SMILES string of the molecule is COc1ccc(Cl)cc1C(=O)NNC(=O)[C@H]1COc2ccccc2O1. The van der Waals surface area contributed by atoms with Gasteiger partial charge in [-0.2, -0.15) is 0 Å². The summed E-state index contributed by atoms with van der Waals surface area (Å²) in [6.45, 7) is 0.0409. The van der Waals surface area contributed by atoms with Crippen LogP contribution < -0.4 is 25.1 Å². The van der Waals surface area contributed by atoms with E-state index < -0.39 is 17.9 Å². The smallest absolute Gasteiger partial charge is 0.283 e. The molecular weight excluding hydrogens is 348 g/mol. The molecule has 25 heavy (non-hydrogen) atoms. The maximum Gasteiger partial charge on any atom is 0.283 e. The van der Waals surface area contributed by atoms with Crippen molar-refractivity contribution in [2.24, 2.45) is 0 Å². The molecule has 0 radical (unpaired) electrons. The van der Waals surface area contributed by atoms with Gasteiger partial charge in [0.1, 0.15) is 12.4 Å². The lowest BCUT2D eigenvalue weighted by atomic mass is 10.2. The van der Waals surface area contributed by atoms with Crippen LogP contribution in [0.2, 0.25) is 5.02 Å². The van der Waals surface area contributed by atoms with E-state index in [1.165, 1.54) is 13.2 Å². The molecule has 8 heteroatoms. The first-order valence-corrected chi connectivity index (χ1v) is 7.78. The first kappa shape index (κ1) is 16.9. The van der Waals surface area contributed by atoms with Gasteiger partial charge in [-0.3, -0.25) is 20.4 Å². The Kier molecular flexibility index (Phi) is 4.95. The molecule has 0 aliphatic carbocycles. The first-order chi connectivity index (χ1) is 12.1. The molecule has 2 amide bonds. The number of methoxy groups -OCH3 is 1. The Bertz CT molecular complexity index is 811. The highest BCUT2D eigenvalue weighted by Gasteiger charge is 2.27. The predicted molar refractivity (Wildman–Crippen MR) is 90.0 cm³/mol. The summed E-state index contributed by atoms with van der Waals surface area (Å²) >= 11 is 5.89. The second-order valence-corrected chi connectivity index (χ2v) is 5.59. The highest BCUT2D eigenvalue weighted by molar-refractivity contribution is 6.31. The van der Waals surface area contributed by atoms with Gasteiger partial charge in [-0.15, -0.1) is 0 Å². The molecule has 2 aromatic rings. The van der Waals surface area contributed by atoms with Crippen LogP contribution in [0, 0.1) is 0 Å². The molecule has 0 saturated heterocycles. The van der Waals surface area contributed by atoms with E-state index in [-0.39, 0.29) is 12.2 Å². The number of halogens is 1. The second kappa shape index (κ2) is 7.31. The molecular formula is C17H15ClN2O5. The van der Waals surface area contributed by atoms with E-state index in [1.54, 1.807) is 36.4 Å². The molecule has 2 aromatic carbocycles. The number of nitrogens with one attached hydrogen (secondary N) is 2. The van der Waals surface area contributed by atoms with Crippen molar-refractivity contribution in [3.63, 3.8) is 0 Å². The van der Waals surface area contributed by atoms with E-state index in [2.05, 4.69) is 10.9 Å². The lowest BCUT2D eigenvalue weighted by Gasteiger charge is -2.25. The fraction of sp³-hybridized carbons (Fsp3) is 0.176. The molecule has 1 atom stereocenters. The first-order valence-electron chi connectivity index (χ1n) is 7.40. The molecule has 0 spiro atoms. The van der Waals surface area contributed by atoms with E-state index in [4.69, 9.17) is 25.8 Å². The Morgan fingerprint density at radius 3 is 2.68 bits per heavy atom. The van der Waals surface area contributed by atoms with Crippen molar-refractivity contribution in [1.82, 2.24) is 10.9 Å². The highest BCUT2D eigenvalue weighted by Crippen LogP contribution is 2.30. The number of hydrogen-bond acceptors (Lipinski definition) is 5. The summed E-state index contributed by atoms with van der Waals surface area (Å²) in [5.74, 6) is 0.270. The molecule has 0 unspecified atom stereocenters. The van der Waals surface area contributed by atoms with Crippen molar-refractivity contribution in [3.05, 3.63) is 53.1 Å². The summed E-state index contributed by atoms with van der Waals surface area (Å²) in [6.07, 6.45) is -0.878. The maximum atomic E-state index is 12.2. The molecule has 130 valence electrons. The molecule has 2 N–H and O–H groups in total. The van der Waals surface area contributed by atoms with Crippen LogP contribution in [-0.4, -0.2) is 31.6 Å². The normalized spacial score (nSPS) is 15.2. The number of hydrazine groups is 1. The van der Waals surface area contributed by atoms with Gasteiger partial charge in [0.15, 0.2) is 11.5 Å². The van der Waals surface area contributed by atoms with Crippen LogP contribution in [0.3, 0.4) is 0 Å². The Hall–Kier alpha value is -2.93. The minimum absolute atomic E-state index is 0.0409. The number of rotatable bonds is 3. The molecule has 3 rings (SSSR count). The third-order valence-electron chi connectivity index (χ3n) is 3.51. The van der Waals surface area contributed by atoms with Crippen LogP contribution in [0.15, 0.2) is 42.5 Å². The van der Waals surface area contributed by atoms with E-state index in [1.807, 2.05) is 0 Å². The highest BCUT2D eigenvalue weighted by atomic mass is 35.5. The molecule has 0 bridgehead atoms. The molecule has 0 saturated carbocycles. The topological polar surface area (TPSA) is 85.9 Å². The van der Waals surface area contributed by atoms with Crippen molar-refractivity contribution in [3.8, 4) is 17.2 Å². The fourth-order valence-corrected chi connectivity index (χ4v) is 2.44. The average molecular weight is 363 g/mol. The van der Waals surface area contributed by atoms with E-state index >= 15 is 0 Å². The van der Waals surface area contributed by atoms with Crippen molar-refractivity contribution >= 4 is 23.4 Å². The van der Waals surface area contributed by atoms with Crippen LogP contribution >= 0.6 is 11.6 Å². The van der Waals surface area contributed by atoms with Gasteiger partial charge < -0.3 is 14.2 Å². The largest absolute Gasteiger partial charge is 0.496 e. The van der Waals surface area contributed by atoms with Gasteiger partial charge >= 0.3 is 0 Å². The lowest BCUT2D eigenvalue weighted by molar-refractivity contribution is -0.131. The lowest BCUT2D eigenvalue weighted by Crippen LogP contribution is -2.50. The summed E-state index contributed by atoms with van der Waals surface area (Å²) < 4.78 is 16.1. The number of carbonyl (C=O) groups excluding carboxylic acids is 2. The van der Waals surface area contributed by atoms with Crippen LogP contribution in [0.4, 0.5) is 0 Å². The molecule has 7 nitrogen and oxygen atoms in total. The van der Waals surface area contributed by atoms with Gasteiger partial charge in [0.2, 0.25) is 6.10 Å². The molecule has 1 aliphatic rings. The van der Waals surface area contributed by atoms with E-state index in [0.29, 0.717) is 22.3 Å². The molecule has 0 aromatic heterocycles. The van der Waals surface area contributed by atoms with Gasteiger partial charge in [0, 0.05) is 5.02 Å². The summed E-state index contributed by atoms with van der Waals surface area (Å²) in [5.41, 5.74) is 4.82. The molecule has 0 fully saturated rings. The Balaban J connectivity index is 1.61. The third kappa shape index (κ3) is 3.77. The maximum absolute atomic E-state index is 12.2. The zero-order valence-corrected chi connectivity index (χ0v) is 14.0. The summed E-state index contributed by atoms with van der Waals surface area (Å²) in [7, 11) is 1.43. The summed E-state index contributed by atoms with van der Waals surface area (Å²) in [4.78, 5) is 24.4. The van der Waals surface area contributed by atoms with Gasteiger partial charge in [0.25, 0.3) is 11.8 Å². The van der Waals surface area contributed by atoms with Crippen molar-refractivity contribution in [2.75, 3.05) is 13.7 Å². The van der Waals surface area contributed by atoms with Crippen LogP contribution in [0.1, 0.15) is 10.4 Å². The Labute approximate surface area is 148 Å². The van der Waals surface area contributed by atoms with E-state index in [0.717, 1.165) is 0 Å². The molecule has 1 heterocycles. The summed E-state index contributed by atoms with van der Waals surface area (Å²) in [5, 5.41) is 0.373. The van der Waals surface area contributed by atoms with Gasteiger partial charge in [-0.25, -0.2) is 0 Å². The minimum Gasteiger partial charge on any atom is -0.496 e. The van der Waals surface area contributed by atoms with Crippen LogP contribution in [-0.2, 0) is 4.79 Å². The van der Waals surface area contributed by atoms with Gasteiger partial charge in [0.05, 0.1) is 12.7 Å². The Morgan fingerprint density at radius 1 is 1.16 bits per heavy atom. The number of amides is 2. The summed E-state index contributed by atoms with van der Waals surface area (Å²) in [6, 6.07) is 11.6. The van der Waals surface area contributed by atoms with Crippen LogP contribution in [0.5, 0.6) is 17.2 Å². The number of benzene rings is 2. The minimum atomic E-state index is -0.878. The van der Waals surface area contributed by atoms with Crippen molar-refractivity contribution < 1.29 is 23.8 Å². The van der Waals surface area contributed by atoms with Crippen molar-refractivity contribution in [2.45, 2.75) is 6.10 Å². The van der Waals surface area contributed by atoms with E-state index in [9.17, 15) is 9.59 Å². The zero-order valence-electron chi connectivity index (χ0n) is 13.2. The third-order valence-corrected chi connectivity index (χ3v) is 3.74. The van der Waals surface area contributed by atoms with Gasteiger partial charge in [-0.1, -0.05) is 23.7 Å². The fourth-order valence-electron chi connectivity index (χ4n) is 2.27. The van der Waals surface area contributed by atoms with Crippen molar-refractivity contribution in [1.29, 1.82) is 0 Å². The Morgan fingerprint density at radius 2 is 1.92 bits per heavy atom. The standard InChI is InChI=1S/C17H15ClN2O5/c1-23-12-7-6-10(18)8-11(12)16(21)19-20-17(22)15-9-24-13-4-2-3-5-14(13)25-15/h2-8,15H,9H2,1H3,(H,19,21)(H,20,22)/t15-/m1/s1. The van der Waals surface area contributed by atoms with Gasteiger partial charge in [-0.05, 0) is 30.3 Å². The predicted octanol–water partition coefficient (Wildman–Crippen LogP) is 1.95. The van der Waals surface area contributed by atoms with Crippen LogP contribution in [0.25, 0.3) is 0 Å². The number of para-hydroxylation sites is 2.